The van der Waals surface area contributed by atoms with Crippen LogP contribution in [0, 0.1) is 5.82 Å². The molecule has 0 bridgehead atoms. The van der Waals surface area contributed by atoms with Crippen LogP contribution in [0.4, 0.5) is 4.39 Å². The second-order valence-corrected chi connectivity index (χ2v) is 4.79. The van der Waals surface area contributed by atoms with Crippen LogP contribution in [0.3, 0.4) is 0 Å². The number of nitrogens with one attached hydrogen (secondary N) is 1. The number of halogens is 1. The third-order valence-electron chi connectivity index (χ3n) is 2.46. The largest absolute Gasteiger partial charge is 0.460 e. The molecule has 6 heteroatoms. The Hall–Kier alpha value is -1.82. The lowest BCUT2D eigenvalue weighted by molar-refractivity contribution is 0.0523. The maximum Gasteiger partial charge on any atom is 0.356 e. The van der Waals surface area contributed by atoms with Crippen LogP contribution < -0.4 is 0 Å². The summed E-state index contributed by atoms with van der Waals surface area (Å²) < 4.78 is 17.9. The highest BCUT2D eigenvalue weighted by Crippen LogP contribution is 2.18. The summed E-state index contributed by atoms with van der Waals surface area (Å²) in [6.07, 6.45) is 1.94. The Labute approximate surface area is 114 Å². The zero-order chi connectivity index (χ0) is 13.7. The highest BCUT2D eigenvalue weighted by atomic mass is 32.2. The fraction of sp³-hybridized carbons (Fsp3) is 0.231. The predicted molar refractivity (Wildman–Crippen MR) is 72.6 cm³/mol. The van der Waals surface area contributed by atoms with Gasteiger partial charge < -0.3 is 4.74 Å². The van der Waals surface area contributed by atoms with Crippen molar-refractivity contribution in [1.29, 1.82) is 0 Å². The zero-order valence-corrected chi connectivity index (χ0v) is 11.2. The first-order valence-corrected chi connectivity index (χ1v) is 7.07. The molecule has 0 spiro atoms. The Morgan fingerprint density at radius 1 is 1.42 bits per heavy atom. The van der Waals surface area contributed by atoms with Crippen LogP contribution in [0.1, 0.15) is 10.5 Å². The Bertz CT molecular complexity index is 554. The van der Waals surface area contributed by atoms with Crippen LogP contribution >= 0.6 is 11.8 Å². The highest BCUT2D eigenvalue weighted by Gasteiger charge is 2.12. The molecule has 19 heavy (non-hydrogen) atoms. The fourth-order valence-electron chi connectivity index (χ4n) is 1.49. The molecule has 0 aliphatic carbocycles. The molecule has 0 saturated heterocycles. The van der Waals surface area contributed by atoms with Crippen LogP contribution in [0.25, 0.3) is 11.3 Å². The summed E-state index contributed by atoms with van der Waals surface area (Å²) in [5.74, 6) is 0.0101. The molecule has 4 nitrogen and oxygen atoms in total. The first kappa shape index (κ1) is 13.6. The summed E-state index contributed by atoms with van der Waals surface area (Å²) in [4.78, 5) is 11.7. The van der Waals surface area contributed by atoms with Gasteiger partial charge in [0, 0.05) is 11.3 Å². The van der Waals surface area contributed by atoms with Crippen molar-refractivity contribution < 1.29 is 13.9 Å². The van der Waals surface area contributed by atoms with Crippen molar-refractivity contribution in [2.45, 2.75) is 0 Å². The molecule has 0 amide bonds. The van der Waals surface area contributed by atoms with E-state index in [0.29, 0.717) is 18.0 Å². The van der Waals surface area contributed by atoms with E-state index < -0.39 is 5.97 Å². The molecule has 0 radical (unpaired) electrons. The third-order valence-corrected chi connectivity index (χ3v) is 3.03. The smallest absolute Gasteiger partial charge is 0.356 e. The number of carbonyl (C=O) groups is 1. The Balaban J connectivity index is 2.06. The lowest BCUT2D eigenvalue weighted by Gasteiger charge is -2.00. The number of carbonyl (C=O) groups excluding carboxylic acids is 1. The zero-order valence-electron chi connectivity index (χ0n) is 10.4. The maximum absolute atomic E-state index is 12.8. The Morgan fingerprint density at radius 2 is 2.16 bits per heavy atom. The molecule has 0 atom stereocenters. The highest BCUT2D eigenvalue weighted by molar-refractivity contribution is 7.98. The number of hydrogen-bond acceptors (Lipinski definition) is 4. The van der Waals surface area contributed by atoms with Crippen LogP contribution in [0.5, 0.6) is 0 Å². The summed E-state index contributed by atoms with van der Waals surface area (Å²) >= 11 is 1.60. The first-order chi connectivity index (χ1) is 9.20. The third kappa shape index (κ3) is 3.57. The van der Waals surface area contributed by atoms with E-state index >= 15 is 0 Å². The number of aromatic amines is 1. The summed E-state index contributed by atoms with van der Waals surface area (Å²) in [6, 6.07) is 7.50. The normalized spacial score (nSPS) is 10.4. The van der Waals surface area contributed by atoms with E-state index in [-0.39, 0.29) is 5.82 Å². The minimum absolute atomic E-state index is 0.292. The van der Waals surface area contributed by atoms with Gasteiger partial charge in [-0.25, -0.2) is 9.18 Å². The second-order valence-electron chi connectivity index (χ2n) is 3.80. The Kier molecular flexibility index (Phi) is 4.57. The van der Waals surface area contributed by atoms with Crippen molar-refractivity contribution in [3.63, 3.8) is 0 Å². The monoisotopic (exact) mass is 280 g/mol. The topological polar surface area (TPSA) is 55.0 Å². The van der Waals surface area contributed by atoms with Crippen LogP contribution in [0.2, 0.25) is 0 Å². The summed E-state index contributed by atoms with van der Waals surface area (Å²) in [5.41, 5.74) is 1.61. The van der Waals surface area contributed by atoms with Gasteiger partial charge in [-0.05, 0) is 36.6 Å². The minimum atomic E-state index is -0.435. The van der Waals surface area contributed by atoms with Gasteiger partial charge in [-0.15, -0.1) is 0 Å². The second kappa shape index (κ2) is 6.38. The number of rotatable bonds is 5. The van der Waals surface area contributed by atoms with Gasteiger partial charge in [0.25, 0.3) is 0 Å². The molecular weight excluding hydrogens is 267 g/mol. The predicted octanol–water partition coefficient (Wildman–Crippen LogP) is 2.74. The van der Waals surface area contributed by atoms with E-state index in [1.165, 1.54) is 12.1 Å². The lowest BCUT2D eigenvalue weighted by Crippen LogP contribution is -2.08. The minimum Gasteiger partial charge on any atom is -0.460 e. The molecule has 1 aromatic heterocycles. The van der Waals surface area contributed by atoms with E-state index in [1.807, 2.05) is 6.26 Å². The molecule has 0 fully saturated rings. The molecule has 1 N–H and O–H groups in total. The van der Waals surface area contributed by atoms with Crippen LogP contribution in [0.15, 0.2) is 30.3 Å². The van der Waals surface area contributed by atoms with E-state index in [1.54, 1.807) is 30.0 Å². The van der Waals surface area contributed by atoms with Gasteiger partial charge in [-0.2, -0.15) is 16.9 Å². The van der Waals surface area contributed by atoms with Crippen molar-refractivity contribution in [3.05, 3.63) is 41.8 Å². The van der Waals surface area contributed by atoms with Gasteiger partial charge >= 0.3 is 5.97 Å². The van der Waals surface area contributed by atoms with E-state index in [9.17, 15) is 9.18 Å². The molecule has 2 aromatic rings. The van der Waals surface area contributed by atoms with Crippen molar-refractivity contribution in [1.82, 2.24) is 10.2 Å². The number of H-pyrrole nitrogens is 1. The van der Waals surface area contributed by atoms with Crippen molar-refractivity contribution in [3.8, 4) is 11.3 Å². The van der Waals surface area contributed by atoms with Gasteiger partial charge in [0.1, 0.15) is 18.1 Å². The van der Waals surface area contributed by atoms with Crippen molar-refractivity contribution in [2.75, 3.05) is 18.6 Å². The van der Waals surface area contributed by atoms with Gasteiger partial charge in [0.05, 0.1) is 5.69 Å². The maximum atomic E-state index is 12.8. The van der Waals surface area contributed by atoms with E-state index in [4.69, 9.17) is 4.74 Å². The molecule has 1 heterocycles. The molecule has 0 saturated carbocycles. The van der Waals surface area contributed by atoms with Crippen LogP contribution in [-0.2, 0) is 4.74 Å². The molecule has 0 unspecified atom stereocenters. The van der Waals surface area contributed by atoms with Crippen LogP contribution in [-0.4, -0.2) is 34.8 Å². The first-order valence-electron chi connectivity index (χ1n) is 5.68. The number of esters is 1. The number of aromatic nitrogens is 2. The SMILES string of the molecule is CSCCOC(=O)c1cc(-c2ccc(F)cc2)n[nH]1. The van der Waals surface area contributed by atoms with Gasteiger partial charge in [0.2, 0.25) is 0 Å². The molecular formula is C13H13FN2O2S. The summed E-state index contributed by atoms with van der Waals surface area (Å²) in [7, 11) is 0. The number of benzene rings is 1. The Morgan fingerprint density at radius 3 is 2.84 bits per heavy atom. The molecule has 100 valence electrons. The van der Waals surface area contributed by atoms with E-state index in [0.717, 1.165) is 11.3 Å². The number of thioether (sulfide) groups is 1. The van der Waals surface area contributed by atoms with Gasteiger partial charge in [-0.1, -0.05) is 0 Å². The molecule has 0 aliphatic heterocycles. The standard InChI is InChI=1S/C13H13FN2O2S/c1-19-7-6-18-13(17)12-8-11(15-16-12)9-2-4-10(14)5-3-9/h2-5,8H,6-7H2,1H3,(H,15,16). The lowest BCUT2D eigenvalue weighted by atomic mass is 10.1. The van der Waals surface area contributed by atoms with Gasteiger partial charge in [0.15, 0.2) is 0 Å². The van der Waals surface area contributed by atoms with E-state index in [2.05, 4.69) is 10.2 Å². The van der Waals surface area contributed by atoms with Crippen molar-refractivity contribution in [2.24, 2.45) is 0 Å². The number of nitrogens with zero attached hydrogens (tertiary/aromatic N) is 1. The average Bonchev–Trinajstić information content (AvgIpc) is 2.89. The summed E-state index contributed by atoms with van der Waals surface area (Å²) in [6.45, 7) is 0.366. The number of ether oxygens (including phenoxy) is 1. The van der Waals surface area contributed by atoms with Crippen molar-refractivity contribution >= 4 is 17.7 Å². The summed E-state index contributed by atoms with van der Waals surface area (Å²) in [5, 5.41) is 6.63. The van der Waals surface area contributed by atoms with Gasteiger partial charge in [-0.3, -0.25) is 5.10 Å². The molecule has 2 rings (SSSR count). The quantitative estimate of drug-likeness (QED) is 0.676. The molecule has 1 aromatic carbocycles. The molecule has 0 aliphatic rings. The fourth-order valence-corrected chi connectivity index (χ4v) is 1.74. The number of hydrogen-bond donors (Lipinski definition) is 1. The average molecular weight is 280 g/mol.